The van der Waals surface area contributed by atoms with E-state index < -0.39 is 12.1 Å². The van der Waals surface area contributed by atoms with Crippen LogP contribution in [0.25, 0.3) is 10.9 Å². The summed E-state index contributed by atoms with van der Waals surface area (Å²) in [5, 5.41) is 10.2. The Hall–Kier alpha value is -2.21. The van der Waals surface area contributed by atoms with Gasteiger partial charge < -0.3 is 14.7 Å². The first-order chi connectivity index (χ1) is 15.0. The summed E-state index contributed by atoms with van der Waals surface area (Å²) in [6.45, 7) is 2.90. The van der Waals surface area contributed by atoms with E-state index in [1.54, 1.807) is 19.4 Å². The van der Waals surface area contributed by atoms with Crippen molar-refractivity contribution in [1.82, 2.24) is 9.88 Å². The van der Waals surface area contributed by atoms with Crippen LogP contribution in [-0.4, -0.2) is 47.7 Å². The van der Waals surface area contributed by atoms with E-state index in [4.69, 9.17) is 4.74 Å². The topological polar surface area (TPSA) is 62.7 Å². The number of benzene rings is 1. The minimum Gasteiger partial charge on any atom is -0.497 e. The summed E-state index contributed by atoms with van der Waals surface area (Å²) in [5.41, 5.74) is 1.40. The molecular weight excluding hydrogens is 395 g/mol. The maximum absolute atomic E-state index is 15.3. The predicted molar refractivity (Wildman–Crippen MR) is 119 cm³/mol. The smallest absolute Gasteiger partial charge is 0.303 e. The number of likely N-dealkylation sites (tertiary alicyclic amines) is 1. The molecule has 1 saturated carbocycles. The number of alkyl halides is 1. The van der Waals surface area contributed by atoms with Gasteiger partial charge in [0.2, 0.25) is 0 Å². The highest BCUT2D eigenvalue weighted by atomic mass is 19.1. The van der Waals surface area contributed by atoms with Crippen molar-refractivity contribution in [3.63, 3.8) is 0 Å². The highest BCUT2D eigenvalue weighted by molar-refractivity contribution is 5.83. The van der Waals surface area contributed by atoms with Gasteiger partial charge in [-0.1, -0.05) is 12.8 Å². The van der Waals surface area contributed by atoms with E-state index in [0.29, 0.717) is 24.2 Å². The molecule has 1 N–H and O–H groups in total. The first-order valence-corrected chi connectivity index (χ1v) is 11.5. The highest BCUT2D eigenvalue weighted by Gasteiger charge is 2.32. The summed E-state index contributed by atoms with van der Waals surface area (Å²) in [7, 11) is 1.60. The molecule has 1 aliphatic heterocycles. The number of hydrogen-bond donors (Lipinski definition) is 1. The molecule has 31 heavy (non-hydrogen) atoms. The Kier molecular flexibility index (Phi) is 7.06. The fourth-order valence-electron chi connectivity index (χ4n) is 5.03. The normalized spacial score (nSPS) is 23.0. The van der Waals surface area contributed by atoms with Gasteiger partial charge in [-0.2, -0.15) is 0 Å². The van der Waals surface area contributed by atoms with Crippen molar-refractivity contribution in [3.05, 3.63) is 36.0 Å². The van der Waals surface area contributed by atoms with Crippen LogP contribution in [0.15, 0.2) is 30.5 Å². The van der Waals surface area contributed by atoms with Gasteiger partial charge in [0.1, 0.15) is 11.9 Å². The number of fused-ring (bicyclic) bond motifs is 1. The summed E-state index contributed by atoms with van der Waals surface area (Å²) < 4.78 is 20.6. The third kappa shape index (κ3) is 5.73. The summed E-state index contributed by atoms with van der Waals surface area (Å²) in [5.74, 6) is 1.19. The van der Waals surface area contributed by atoms with Crippen molar-refractivity contribution in [2.24, 2.45) is 17.8 Å². The molecule has 0 radical (unpaired) electrons. The quantitative estimate of drug-likeness (QED) is 0.560. The second-order valence-corrected chi connectivity index (χ2v) is 9.27. The number of pyridine rings is 1. The van der Waals surface area contributed by atoms with E-state index in [2.05, 4.69) is 9.88 Å². The standard InChI is InChI=1S/C25H33FN2O3/c1-31-20-5-7-24-22(15-20)21(8-11-27-24)23(26)6-4-18-10-13-28(12-9-17-2-3-17)16-19(18)14-25(29)30/h5,7-8,11,15,17-19,23H,2-4,6,9-10,12-14,16H2,1H3,(H,29,30)/t18-,19+,23?/m1/s1. The molecule has 0 amide bonds. The minimum absolute atomic E-state index is 0.104. The van der Waals surface area contributed by atoms with E-state index in [9.17, 15) is 9.90 Å². The average Bonchev–Trinajstić information content (AvgIpc) is 3.60. The molecule has 1 aromatic heterocycles. The lowest BCUT2D eigenvalue weighted by molar-refractivity contribution is -0.139. The van der Waals surface area contributed by atoms with Crippen LogP contribution >= 0.6 is 0 Å². The summed E-state index contributed by atoms with van der Waals surface area (Å²) >= 11 is 0. The Labute approximate surface area is 183 Å². The number of piperidine rings is 1. The number of aliphatic carboxylic acids is 1. The lowest BCUT2D eigenvalue weighted by Gasteiger charge is -2.38. The highest BCUT2D eigenvalue weighted by Crippen LogP contribution is 2.37. The molecule has 0 spiro atoms. The Morgan fingerprint density at radius 1 is 1.26 bits per heavy atom. The van der Waals surface area contributed by atoms with Crippen LogP contribution in [0, 0.1) is 17.8 Å². The fourth-order valence-corrected chi connectivity index (χ4v) is 5.03. The van der Waals surface area contributed by atoms with Gasteiger partial charge in [0.15, 0.2) is 0 Å². The van der Waals surface area contributed by atoms with Crippen LogP contribution in [-0.2, 0) is 4.79 Å². The van der Waals surface area contributed by atoms with Crippen molar-refractivity contribution in [3.8, 4) is 5.75 Å². The average molecular weight is 429 g/mol. The number of methoxy groups -OCH3 is 1. The zero-order valence-corrected chi connectivity index (χ0v) is 18.3. The molecule has 168 valence electrons. The SMILES string of the molecule is COc1ccc2nccc(C(F)CC[C@@H]3CCN(CCC4CC4)C[C@@H]3CC(=O)O)c2c1. The molecule has 3 atom stereocenters. The third-order valence-corrected chi connectivity index (χ3v) is 7.07. The molecule has 1 unspecified atom stereocenters. The first-order valence-electron chi connectivity index (χ1n) is 11.5. The molecule has 6 heteroatoms. The molecular formula is C25H33FN2O3. The van der Waals surface area contributed by atoms with Gasteiger partial charge in [-0.3, -0.25) is 9.78 Å². The van der Waals surface area contributed by atoms with E-state index >= 15 is 4.39 Å². The Morgan fingerprint density at radius 3 is 2.84 bits per heavy atom. The van der Waals surface area contributed by atoms with Crippen LogP contribution in [0.2, 0.25) is 0 Å². The molecule has 1 saturated heterocycles. The zero-order valence-electron chi connectivity index (χ0n) is 18.3. The molecule has 2 aliphatic rings. The van der Waals surface area contributed by atoms with Gasteiger partial charge in [-0.25, -0.2) is 4.39 Å². The third-order valence-electron chi connectivity index (χ3n) is 7.07. The van der Waals surface area contributed by atoms with Gasteiger partial charge in [0.05, 0.1) is 12.6 Å². The Morgan fingerprint density at radius 2 is 2.10 bits per heavy atom. The summed E-state index contributed by atoms with van der Waals surface area (Å²) in [4.78, 5) is 18.2. The van der Waals surface area contributed by atoms with Gasteiger partial charge in [0.25, 0.3) is 0 Å². The van der Waals surface area contributed by atoms with Gasteiger partial charge >= 0.3 is 5.97 Å². The lowest BCUT2D eigenvalue weighted by atomic mass is 9.79. The minimum atomic E-state index is -1.10. The maximum Gasteiger partial charge on any atom is 0.303 e. The molecule has 2 aromatic rings. The van der Waals surface area contributed by atoms with Gasteiger partial charge in [-0.05, 0) is 86.4 Å². The van der Waals surface area contributed by atoms with Gasteiger partial charge in [-0.15, -0.1) is 0 Å². The van der Waals surface area contributed by atoms with Crippen molar-refractivity contribution in [2.45, 2.75) is 51.1 Å². The number of carbonyl (C=O) groups is 1. The van der Waals surface area contributed by atoms with Crippen LogP contribution in [0.3, 0.4) is 0 Å². The number of rotatable bonds is 10. The fraction of sp³-hybridized carbons (Fsp3) is 0.600. The van der Waals surface area contributed by atoms with Crippen molar-refractivity contribution < 1.29 is 19.0 Å². The number of ether oxygens (including phenoxy) is 1. The lowest BCUT2D eigenvalue weighted by Crippen LogP contribution is -2.42. The number of hydrogen-bond acceptors (Lipinski definition) is 4. The van der Waals surface area contributed by atoms with Crippen molar-refractivity contribution in [2.75, 3.05) is 26.7 Å². The first kappa shape index (κ1) is 22.0. The number of aromatic nitrogens is 1. The van der Waals surface area contributed by atoms with Gasteiger partial charge in [0, 0.05) is 24.5 Å². The number of carboxylic acids is 1. The summed E-state index contributed by atoms with van der Waals surface area (Å²) in [6.07, 6.45) is 6.73. The summed E-state index contributed by atoms with van der Waals surface area (Å²) in [6, 6.07) is 7.28. The maximum atomic E-state index is 15.3. The molecule has 1 aliphatic carbocycles. The van der Waals surface area contributed by atoms with Crippen molar-refractivity contribution in [1.29, 1.82) is 0 Å². The zero-order chi connectivity index (χ0) is 21.8. The van der Waals surface area contributed by atoms with E-state index in [1.807, 2.05) is 18.2 Å². The largest absolute Gasteiger partial charge is 0.497 e. The van der Waals surface area contributed by atoms with Crippen LogP contribution in [0.4, 0.5) is 4.39 Å². The molecule has 2 heterocycles. The molecule has 0 bridgehead atoms. The number of carboxylic acid groups (broad SMARTS) is 1. The second kappa shape index (κ2) is 9.94. The molecule has 2 fully saturated rings. The Bertz CT molecular complexity index is 901. The van der Waals surface area contributed by atoms with Crippen LogP contribution in [0.1, 0.15) is 56.7 Å². The monoisotopic (exact) mass is 428 g/mol. The Balaban J connectivity index is 1.39. The van der Waals surface area contributed by atoms with E-state index in [1.165, 1.54) is 19.3 Å². The van der Waals surface area contributed by atoms with Crippen LogP contribution in [0.5, 0.6) is 5.75 Å². The van der Waals surface area contributed by atoms with E-state index in [-0.39, 0.29) is 18.3 Å². The van der Waals surface area contributed by atoms with Crippen LogP contribution < -0.4 is 4.74 Å². The van der Waals surface area contributed by atoms with Crippen molar-refractivity contribution >= 4 is 16.9 Å². The predicted octanol–water partition coefficient (Wildman–Crippen LogP) is 5.25. The second-order valence-electron chi connectivity index (χ2n) is 9.27. The molecule has 4 rings (SSSR count). The molecule has 1 aromatic carbocycles. The number of nitrogens with zero attached hydrogens (tertiary/aromatic N) is 2. The number of halogens is 1. The van der Waals surface area contributed by atoms with E-state index in [0.717, 1.165) is 42.9 Å². The molecule has 5 nitrogen and oxygen atoms in total.